The molecule has 0 atom stereocenters. The second-order valence-electron chi connectivity index (χ2n) is 3.28. The molecule has 0 spiro atoms. The van der Waals surface area contributed by atoms with Gasteiger partial charge in [-0.15, -0.1) is 0 Å². The summed E-state index contributed by atoms with van der Waals surface area (Å²) in [7, 11) is 0. The Morgan fingerprint density at radius 1 is 1.43 bits per heavy atom. The second-order valence-corrected chi connectivity index (χ2v) is 3.28. The van der Waals surface area contributed by atoms with E-state index in [4.69, 9.17) is 15.2 Å². The SMILES string of the molecule is NCc1cc(F)cc(OC2COC2)c1. The summed E-state index contributed by atoms with van der Waals surface area (Å²) in [5, 5.41) is 0. The zero-order valence-electron chi connectivity index (χ0n) is 7.70. The standard InChI is InChI=1S/C10H12FNO2/c11-8-1-7(4-12)2-9(3-8)14-10-5-13-6-10/h1-3,10H,4-6,12H2. The van der Waals surface area contributed by atoms with Gasteiger partial charge in [0.05, 0.1) is 13.2 Å². The van der Waals surface area contributed by atoms with Crippen LogP contribution >= 0.6 is 0 Å². The van der Waals surface area contributed by atoms with Crippen molar-refractivity contribution in [2.45, 2.75) is 12.6 Å². The molecular weight excluding hydrogens is 185 g/mol. The second kappa shape index (κ2) is 3.94. The molecular formula is C10H12FNO2. The Kier molecular flexibility index (Phi) is 2.65. The molecule has 1 fully saturated rings. The van der Waals surface area contributed by atoms with E-state index < -0.39 is 0 Å². The molecule has 1 heterocycles. The molecule has 2 N–H and O–H groups in total. The first kappa shape index (κ1) is 9.43. The molecule has 1 aliphatic heterocycles. The molecule has 76 valence electrons. The van der Waals surface area contributed by atoms with Crippen LogP contribution in [-0.2, 0) is 11.3 Å². The van der Waals surface area contributed by atoms with Crippen molar-refractivity contribution in [2.75, 3.05) is 13.2 Å². The van der Waals surface area contributed by atoms with E-state index in [0.29, 0.717) is 25.5 Å². The predicted molar refractivity (Wildman–Crippen MR) is 49.5 cm³/mol. The van der Waals surface area contributed by atoms with Crippen molar-refractivity contribution in [1.29, 1.82) is 0 Å². The van der Waals surface area contributed by atoms with Crippen LogP contribution in [-0.4, -0.2) is 19.3 Å². The van der Waals surface area contributed by atoms with Crippen LogP contribution in [0.3, 0.4) is 0 Å². The Morgan fingerprint density at radius 3 is 2.79 bits per heavy atom. The van der Waals surface area contributed by atoms with Crippen LogP contribution in [0.15, 0.2) is 18.2 Å². The molecule has 1 aromatic rings. The molecule has 0 aliphatic carbocycles. The number of hydrogen-bond donors (Lipinski definition) is 1. The maximum Gasteiger partial charge on any atom is 0.145 e. The lowest BCUT2D eigenvalue weighted by Crippen LogP contribution is -2.38. The number of hydrogen-bond acceptors (Lipinski definition) is 3. The summed E-state index contributed by atoms with van der Waals surface area (Å²) in [6.07, 6.45) is 0.0578. The average Bonchev–Trinajstić information content (AvgIpc) is 2.10. The summed E-state index contributed by atoms with van der Waals surface area (Å²) >= 11 is 0. The van der Waals surface area contributed by atoms with Crippen LogP contribution in [0, 0.1) is 5.82 Å². The van der Waals surface area contributed by atoms with E-state index in [9.17, 15) is 4.39 Å². The monoisotopic (exact) mass is 197 g/mol. The van der Waals surface area contributed by atoms with Gasteiger partial charge < -0.3 is 15.2 Å². The van der Waals surface area contributed by atoms with E-state index in [1.807, 2.05) is 0 Å². The normalized spacial score (nSPS) is 16.4. The third-order valence-electron chi connectivity index (χ3n) is 2.08. The highest BCUT2D eigenvalue weighted by molar-refractivity contribution is 5.29. The maximum atomic E-state index is 13.0. The zero-order valence-corrected chi connectivity index (χ0v) is 7.70. The molecule has 0 unspecified atom stereocenters. The fourth-order valence-electron chi connectivity index (χ4n) is 1.28. The Morgan fingerprint density at radius 2 is 2.21 bits per heavy atom. The van der Waals surface area contributed by atoms with Gasteiger partial charge in [-0.05, 0) is 17.7 Å². The van der Waals surface area contributed by atoms with Crippen LogP contribution in [0.4, 0.5) is 4.39 Å². The molecule has 3 nitrogen and oxygen atoms in total. The number of nitrogens with two attached hydrogens (primary N) is 1. The van der Waals surface area contributed by atoms with Gasteiger partial charge in [-0.1, -0.05) is 0 Å². The first-order valence-electron chi connectivity index (χ1n) is 4.52. The van der Waals surface area contributed by atoms with Crippen molar-refractivity contribution in [1.82, 2.24) is 0 Å². The minimum atomic E-state index is -0.316. The minimum absolute atomic E-state index is 0.0578. The molecule has 1 aromatic carbocycles. The molecule has 1 aliphatic rings. The number of rotatable bonds is 3. The minimum Gasteiger partial charge on any atom is -0.485 e. The van der Waals surface area contributed by atoms with Crippen molar-refractivity contribution in [3.63, 3.8) is 0 Å². The van der Waals surface area contributed by atoms with Gasteiger partial charge in [-0.2, -0.15) is 0 Å². The Labute approximate surface area is 81.6 Å². The molecule has 0 aromatic heterocycles. The van der Waals surface area contributed by atoms with Gasteiger partial charge >= 0.3 is 0 Å². The zero-order chi connectivity index (χ0) is 9.97. The number of ether oxygens (including phenoxy) is 2. The van der Waals surface area contributed by atoms with Crippen LogP contribution in [0.25, 0.3) is 0 Å². The van der Waals surface area contributed by atoms with E-state index in [0.717, 1.165) is 5.56 Å². The summed E-state index contributed by atoms with van der Waals surface area (Å²) in [5.41, 5.74) is 6.15. The summed E-state index contributed by atoms with van der Waals surface area (Å²) in [4.78, 5) is 0. The third-order valence-corrected chi connectivity index (χ3v) is 2.08. The van der Waals surface area contributed by atoms with Crippen LogP contribution in [0.1, 0.15) is 5.56 Å². The van der Waals surface area contributed by atoms with Gasteiger partial charge in [0, 0.05) is 12.6 Å². The summed E-state index contributed by atoms with van der Waals surface area (Å²) < 4.78 is 23.4. The van der Waals surface area contributed by atoms with E-state index in [-0.39, 0.29) is 11.9 Å². The van der Waals surface area contributed by atoms with Gasteiger partial charge in [0.2, 0.25) is 0 Å². The van der Waals surface area contributed by atoms with E-state index >= 15 is 0 Å². The number of benzene rings is 1. The fourth-order valence-corrected chi connectivity index (χ4v) is 1.28. The summed E-state index contributed by atoms with van der Waals surface area (Å²) in [5.74, 6) is 0.210. The molecule has 4 heteroatoms. The molecule has 1 saturated heterocycles. The quantitative estimate of drug-likeness (QED) is 0.788. The van der Waals surface area contributed by atoms with Crippen molar-refractivity contribution in [3.05, 3.63) is 29.6 Å². The molecule has 0 radical (unpaired) electrons. The lowest BCUT2D eigenvalue weighted by molar-refractivity contribution is -0.0797. The van der Waals surface area contributed by atoms with Gasteiger partial charge in [0.15, 0.2) is 0 Å². The van der Waals surface area contributed by atoms with E-state index in [1.165, 1.54) is 12.1 Å². The lowest BCUT2D eigenvalue weighted by Gasteiger charge is -2.26. The third kappa shape index (κ3) is 2.02. The topological polar surface area (TPSA) is 44.5 Å². The Bertz CT molecular complexity index is 326. The van der Waals surface area contributed by atoms with Gasteiger partial charge in [-0.25, -0.2) is 4.39 Å². The van der Waals surface area contributed by atoms with Crippen molar-refractivity contribution < 1.29 is 13.9 Å². The first-order valence-corrected chi connectivity index (χ1v) is 4.52. The van der Waals surface area contributed by atoms with E-state index in [1.54, 1.807) is 6.07 Å². The summed E-state index contributed by atoms with van der Waals surface area (Å²) in [6, 6.07) is 4.52. The molecule has 0 saturated carbocycles. The van der Waals surface area contributed by atoms with Crippen molar-refractivity contribution in [3.8, 4) is 5.75 Å². The highest BCUT2D eigenvalue weighted by Gasteiger charge is 2.20. The first-order chi connectivity index (χ1) is 6.78. The highest BCUT2D eigenvalue weighted by atomic mass is 19.1. The highest BCUT2D eigenvalue weighted by Crippen LogP contribution is 2.19. The van der Waals surface area contributed by atoms with Gasteiger partial charge in [-0.3, -0.25) is 0 Å². The molecule has 0 amide bonds. The molecule has 2 rings (SSSR count). The molecule has 0 bridgehead atoms. The Hall–Kier alpha value is -1.13. The number of halogens is 1. The Balaban J connectivity index is 2.11. The van der Waals surface area contributed by atoms with Crippen LogP contribution in [0.2, 0.25) is 0 Å². The largest absolute Gasteiger partial charge is 0.485 e. The van der Waals surface area contributed by atoms with Gasteiger partial charge in [0.25, 0.3) is 0 Å². The lowest BCUT2D eigenvalue weighted by atomic mass is 10.2. The van der Waals surface area contributed by atoms with E-state index in [2.05, 4.69) is 0 Å². The fraction of sp³-hybridized carbons (Fsp3) is 0.400. The predicted octanol–water partition coefficient (Wildman–Crippen LogP) is 1.06. The van der Waals surface area contributed by atoms with Gasteiger partial charge in [0.1, 0.15) is 17.7 Å². The smallest absolute Gasteiger partial charge is 0.145 e. The van der Waals surface area contributed by atoms with Crippen molar-refractivity contribution >= 4 is 0 Å². The summed E-state index contributed by atoms with van der Waals surface area (Å²) in [6.45, 7) is 1.47. The maximum absolute atomic E-state index is 13.0. The average molecular weight is 197 g/mol. The molecule has 14 heavy (non-hydrogen) atoms. The van der Waals surface area contributed by atoms with Crippen LogP contribution in [0.5, 0.6) is 5.75 Å². The van der Waals surface area contributed by atoms with Crippen molar-refractivity contribution in [2.24, 2.45) is 5.73 Å². The van der Waals surface area contributed by atoms with Crippen LogP contribution < -0.4 is 10.5 Å².